The molecular weight excluding hydrogens is 260 g/mol. The second kappa shape index (κ2) is 5.76. The lowest BCUT2D eigenvalue weighted by molar-refractivity contribution is 0.0980. The third-order valence-corrected chi connectivity index (χ3v) is 3.55. The molecule has 1 aromatic rings. The lowest BCUT2D eigenvalue weighted by Gasteiger charge is -2.34. The van der Waals surface area contributed by atoms with Crippen LogP contribution < -0.4 is 15.5 Å². The number of hydrogen-bond acceptors (Lipinski definition) is 8. The quantitative estimate of drug-likeness (QED) is 0.776. The van der Waals surface area contributed by atoms with E-state index in [9.17, 15) is 0 Å². The van der Waals surface area contributed by atoms with Crippen molar-refractivity contribution in [1.29, 1.82) is 0 Å². The van der Waals surface area contributed by atoms with Crippen LogP contribution in [0.15, 0.2) is 0 Å². The van der Waals surface area contributed by atoms with Crippen LogP contribution in [0.1, 0.15) is 6.92 Å². The van der Waals surface area contributed by atoms with E-state index in [2.05, 4.69) is 31.7 Å². The number of ether oxygens (including phenoxy) is 2. The van der Waals surface area contributed by atoms with Gasteiger partial charge in [-0.1, -0.05) is 0 Å². The zero-order chi connectivity index (χ0) is 13.9. The largest absolute Gasteiger partial charge is 0.378 e. The molecule has 0 saturated carbocycles. The van der Waals surface area contributed by atoms with E-state index in [1.807, 2.05) is 0 Å². The van der Waals surface area contributed by atoms with Crippen LogP contribution in [0.3, 0.4) is 0 Å². The number of hydrogen-bond donors (Lipinski definition) is 1. The molecule has 20 heavy (non-hydrogen) atoms. The zero-order valence-corrected chi connectivity index (χ0v) is 11.7. The first-order valence-corrected chi connectivity index (χ1v) is 6.92. The highest BCUT2D eigenvalue weighted by atomic mass is 16.5. The smallest absolute Gasteiger partial charge is 0.232 e. The molecule has 1 atom stereocenters. The number of aromatic nitrogens is 3. The Morgan fingerprint density at radius 1 is 1.00 bits per heavy atom. The van der Waals surface area contributed by atoms with Crippen LogP contribution >= 0.6 is 0 Å². The van der Waals surface area contributed by atoms with Gasteiger partial charge in [-0.05, 0) is 6.92 Å². The average molecular weight is 280 g/mol. The van der Waals surface area contributed by atoms with Crippen molar-refractivity contribution in [1.82, 2.24) is 15.0 Å². The Balaban J connectivity index is 1.85. The number of anilines is 3. The third kappa shape index (κ3) is 2.75. The second-order valence-corrected chi connectivity index (χ2v) is 5.01. The van der Waals surface area contributed by atoms with Gasteiger partial charge in [-0.3, -0.25) is 0 Å². The van der Waals surface area contributed by atoms with E-state index >= 15 is 0 Å². The van der Waals surface area contributed by atoms with Gasteiger partial charge in [0.1, 0.15) is 0 Å². The Morgan fingerprint density at radius 3 is 2.45 bits per heavy atom. The Kier molecular flexibility index (Phi) is 3.83. The van der Waals surface area contributed by atoms with Crippen molar-refractivity contribution in [3.63, 3.8) is 0 Å². The Morgan fingerprint density at radius 2 is 1.70 bits per heavy atom. The predicted molar refractivity (Wildman–Crippen MR) is 74.9 cm³/mol. The van der Waals surface area contributed by atoms with Crippen molar-refractivity contribution in [3.8, 4) is 0 Å². The van der Waals surface area contributed by atoms with Crippen molar-refractivity contribution in [2.75, 3.05) is 61.6 Å². The van der Waals surface area contributed by atoms with E-state index in [4.69, 9.17) is 15.2 Å². The molecule has 0 radical (unpaired) electrons. The summed E-state index contributed by atoms with van der Waals surface area (Å²) in [5, 5.41) is 0. The molecular formula is C12H20N6O2. The molecule has 0 bridgehead atoms. The monoisotopic (exact) mass is 280 g/mol. The average Bonchev–Trinajstić information content (AvgIpc) is 2.48. The highest BCUT2D eigenvalue weighted by Crippen LogP contribution is 2.19. The topological polar surface area (TPSA) is 89.6 Å². The van der Waals surface area contributed by atoms with Crippen LogP contribution in [-0.4, -0.2) is 67.1 Å². The maximum absolute atomic E-state index is 5.84. The molecule has 1 aromatic heterocycles. The van der Waals surface area contributed by atoms with Crippen LogP contribution in [0.25, 0.3) is 0 Å². The molecule has 2 N–H and O–H groups in total. The number of rotatable bonds is 2. The van der Waals surface area contributed by atoms with E-state index < -0.39 is 0 Å². The van der Waals surface area contributed by atoms with Gasteiger partial charge in [-0.2, -0.15) is 15.0 Å². The maximum atomic E-state index is 5.84. The molecule has 0 spiro atoms. The molecule has 0 aromatic carbocycles. The molecule has 1 unspecified atom stereocenters. The molecule has 0 amide bonds. The zero-order valence-electron chi connectivity index (χ0n) is 11.7. The van der Waals surface area contributed by atoms with Gasteiger partial charge in [0.05, 0.1) is 32.5 Å². The third-order valence-electron chi connectivity index (χ3n) is 3.55. The van der Waals surface area contributed by atoms with Crippen molar-refractivity contribution in [2.45, 2.75) is 13.0 Å². The van der Waals surface area contributed by atoms with E-state index in [1.165, 1.54) is 0 Å². The van der Waals surface area contributed by atoms with Crippen molar-refractivity contribution in [2.24, 2.45) is 0 Å². The highest BCUT2D eigenvalue weighted by Gasteiger charge is 2.24. The minimum Gasteiger partial charge on any atom is -0.378 e. The molecule has 2 fully saturated rings. The Hall–Kier alpha value is -1.67. The number of morpholine rings is 2. The summed E-state index contributed by atoms with van der Waals surface area (Å²) in [6.45, 7) is 7.16. The molecule has 8 heteroatoms. The van der Waals surface area contributed by atoms with Crippen molar-refractivity contribution in [3.05, 3.63) is 0 Å². The molecule has 2 aliphatic rings. The van der Waals surface area contributed by atoms with Gasteiger partial charge in [0.2, 0.25) is 17.8 Å². The fourth-order valence-electron chi connectivity index (χ4n) is 2.43. The Labute approximate surface area is 117 Å². The second-order valence-electron chi connectivity index (χ2n) is 5.01. The van der Waals surface area contributed by atoms with Gasteiger partial charge in [-0.25, -0.2) is 0 Å². The molecule has 2 saturated heterocycles. The lowest BCUT2D eigenvalue weighted by atomic mass is 10.3. The molecule has 2 aliphatic heterocycles. The van der Waals surface area contributed by atoms with E-state index in [1.54, 1.807) is 0 Å². The minimum absolute atomic E-state index is 0.239. The summed E-state index contributed by atoms with van der Waals surface area (Å²) in [7, 11) is 0. The van der Waals surface area contributed by atoms with Crippen molar-refractivity contribution < 1.29 is 9.47 Å². The first-order chi connectivity index (χ1) is 9.74. The number of nitrogen functional groups attached to an aromatic ring is 1. The predicted octanol–water partition coefficient (Wildman–Crippen LogP) is -0.484. The SMILES string of the molecule is CC1COCCN1c1nc(N)nc(N2CCOCC2)n1. The van der Waals surface area contributed by atoms with Crippen LogP contribution in [-0.2, 0) is 9.47 Å². The van der Waals surface area contributed by atoms with Gasteiger partial charge in [-0.15, -0.1) is 0 Å². The molecule has 110 valence electrons. The van der Waals surface area contributed by atoms with Crippen LogP contribution in [0, 0.1) is 0 Å². The van der Waals surface area contributed by atoms with E-state index in [0.29, 0.717) is 38.3 Å². The lowest BCUT2D eigenvalue weighted by Crippen LogP contribution is -2.45. The number of nitrogens with two attached hydrogens (primary N) is 1. The van der Waals surface area contributed by atoms with Gasteiger partial charge in [0.15, 0.2) is 0 Å². The summed E-state index contributed by atoms with van der Waals surface area (Å²) in [6, 6.07) is 0.239. The van der Waals surface area contributed by atoms with Gasteiger partial charge < -0.3 is 25.0 Å². The number of nitrogens with zero attached hydrogens (tertiary/aromatic N) is 5. The normalized spacial score (nSPS) is 23.9. The first kappa shape index (κ1) is 13.3. The molecule has 0 aliphatic carbocycles. The summed E-state index contributed by atoms with van der Waals surface area (Å²) < 4.78 is 10.8. The summed E-state index contributed by atoms with van der Waals surface area (Å²) >= 11 is 0. The summed E-state index contributed by atoms with van der Waals surface area (Å²) in [4.78, 5) is 17.3. The standard InChI is InChI=1S/C12H20N6O2/c1-9-8-20-7-4-18(9)12-15-10(13)14-11(16-12)17-2-5-19-6-3-17/h9H,2-8H2,1H3,(H2,13,14,15,16). The van der Waals surface area contributed by atoms with Gasteiger partial charge in [0, 0.05) is 19.6 Å². The fourth-order valence-corrected chi connectivity index (χ4v) is 2.43. The van der Waals surface area contributed by atoms with Crippen LogP contribution in [0.4, 0.5) is 17.8 Å². The summed E-state index contributed by atoms with van der Waals surface area (Å²) in [6.07, 6.45) is 0. The molecule has 3 heterocycles. The van der Waals surface area contributed by atoms with Crippen molar-refractivity contribution >= 4 is 17.8 Å². The summed E-state index contributed by atoms with van der Waals surface area (Å²) in [5.41, 5.74) is 5.84. The van der Waals surface area contributed by atoms with E-state index in [0.717, 1.165) is 19.6 Å². The van der Waals surface area contributed by atoms with Gasteiger partial charge >= 0.3 is 0 Å². The van der Waals surface area contributed by atoms with Gasteiger partial charge in [0.25, 0.3) is 0 Å². The molecule has 8 nitrogen and oxygen atoms in total. The minimum atomic E-state index is 0.239. The first-order valence-electron chi connectivity index (χ1n) is 6.92. The maximum Gasteiger partial charge on any atom is 0.232 e. The Bertz CT molecular complexity index is 465. The highest BCUT2D eigenvalue weighted by molar-refractivity contribution is 5.44. The summed E-state index contributed by atoms with van der Waals surface area (Å²) in [5.74, 6) is 1.53. The fraction of sp³-hybridized carbons (Fsp3) is 0.750. The van der Waals surface area contributed by atoms with Crippen LogP contribution in [0.2, 0.25) is 0 Å². The van der Waals surface area contributed by atoms with Crippen LogP contribution in [0.5, 0.6) is 0 Å². The molecule has 3 rings (SSSR count). The van der Waals surface area contributed by atoms with E-state index in [-0.39, 0.29) is 12.0 Å².